The van der Waals surface area contributed by atoms with Crippen LogP contribution < -0.4 is 15.4 Å². The number of hydrogen-bond acceptors (Lipinski definition) is 4. The first-order valence-corrected chi connectivity index (χ1v) is 7.05. The van der Waals surface area contributed by atoms with Gasteiger partial charge >= 0.3 is 0 Å². The van der Waals surface area contributed by atoms with Gasteiger partial charge in [0, 0.05) is 12.1 Å². The third kappa shape index (κ3) is 5.03. The largest absolute Gasteiger partial charge is 0.508 e. The summed E-state index contributed by atoms with van der Waals surface area (Å²) in [4.78, 5) is 23.6. The number of phenolic OH excluding ortho intramolecular Hbond substituents is 1. The van der Waals surface area contributed by atoms with Gasteiger partial charge in [-0.15, -0.1) is 0 Å². The highest BCUT2D eigenvalue weighted by atomic mass is 16.5. The number of amides is 2. The van der Waals surface area contributed by atoms with E-state index in [2.05, 4.69) is 10.6 Å². The molecule has 0 heterocycles. The Morgan fingerprint density at radius 2 is 1.65 bits per heavy atom. The Balaban J connectivity index is 1.76. The minimum atomic E-state index is -0.326. The fourth-order valence-electron chi connectivity index (χ4n) is 1.88. The van der Waals surface area contributed by atoms with E-state index in [1.165, 1.54) is 0 Å². The van der Waals surface area contributed by atoms with Crippen molar-refractivity contribution in [2.24, 2.45) is 0 Å². The second-order valence-corrected chi connectivity index (χ2v) is 4.85. The van der Waals surface area contributed by atoms with Crippen molar-refractivity contribution in [3.63, 3.8) is 0 Å². The number of phenols is 1. The minimum Gasteiger partial charge on any atom is -0.508 e. The Hall–Kier alpha value is -3.02. The topological polar surface area (TPSA) is 87.7 Å². The summed E-state index contributed by atoms with van der Waals surface area (Å²) >= 11 is 0. The van der Waals surface area contributed by atoms with Crippen LogP contribution >= 0.6 is 0 Å². The van der Waals surface area contributed by atoms with Gasteiger partial charge in [-0.2, -0.15) is 0 Å². The molecule has 6 nitrogen and oxygen atoms in total. The monoisotopic (exact) mass is 314 g/mol. The summed E-state index contributed by atoms with van der Waals surface area (Å²) in [5.74, 6) is 0.215. The van der Waals surface area contributed by atoms with E-state index in [1.807, 2.05) is 0 Å². The van der Waals surface area contributed by atoms with E-state index in [9.17, 15) is 14.7 Å². The molecule has 0 bridgehead atoms. The molecule has 3 N–H and O–H groups in total. The zero-order valence-corrected chi connectivity index (χ0v) is 12.7. The van der Waals surface area contributed by atoms with Crippen molar-refractivity contribution in [3.05, 3.63) is 59.7 Å². The lowest BCUT2D eigenvalue weighted by atomic mass is 10.2. The summed E-state index contributed by atoms with van der Waals surface area (Å²) in [6, 6.07) is 13.1. The van der Waals surface area contributed by atoms with Gasteiger partial charge < -0.3 is 20.5 Å². The fourth-order valence-corrected chi connectivity index (χ4v) is 1.88. The lowest BCUT2D eigenvalue weighted by Gasteiger charge is -2.08. The Morgan fingerprint density at radius 3 is 2.26 bits per heavy atom. The first-order chi connectivity index (χ1) is 11.1. The molecule has 2 aromatic carbocycles. The number of hydrogen-bond donors (Lipinski definition) is 3. The molecular formula is C17H18N2O4. The van der Waals surface area contributed by atoms with Gasteiger partial charge in [-0.3, -0.25) is 9.59 Å². The number of carbonyl (C=O) groups is 2. The van der Waals surface area contributed by atoms with Gasteiger partial charge in [0.1, 0.15) is 11.5 Å². The number of ether oxygens (including phenoxy) is 1. The van der Waals surface area contributed by atoms with Crippen LogP contribution in [0.2, 0.25) is 0 Å². The third-order valence-electron chi connectivity index (χ3n) is 3.19. The Bertz CT molecular complexity index is 666. The molecule has 0 unspecified atom stereocenters. The SMILES string of the molecule is COc1ccc(C(=O)NCC(=O)NCc2ccc(O)cc2)cc1. The molecule has 0 aliphatic carbocycles. The molecule has 0 radical (unpaired) electrons. The summed E-state index contributed by atoms with van der Waals surface area (Å²) in [6.45, 7) is 0.223. The van der Waals surface area contributed by atoms with E-state index in [0.717, 1.165) is 5.56 Å². The van der Waals surface area contributed by atoms with Gasteiger partial charge in [-0.05, 0) is 42.0 Å². The zero-order chi connectivity index (χ0) is 16.7. The molecule has 0 spiro atoms. The lowest BCUT2D eigenvalue weighted by molar-refractivity contribution is -0.120. The van der Waals surface area contributed by atoms with Crippen molar-refractivity contribution in [2.45, 2.75) is 6.54 Å². The summed E-state index contributed by atoms with van der Waals surface area (Å²) in [7, 11) is 1.55. The molecule has 0 saturated carbocycles. The molecule has 0 fully saturated rings. The standard InChI is InChI=1S/C17H18N2O4/c1-23-15-8-4-13(5-9-15)17(22)19-11-16(21)18-10-12-2-6-14(20)7-3-12/h2-9,20H,10-11H2,1H3,(H,18,21)(H,19,22). The molecule has 0 aromatic heterocycles. The average Bonchev–Trinajstić information content (AvgIpc) is 2.59. The van der Waals surface area contributed by atoms with Gasteiger partial charge in [0.05, 0.1) is 13.7 Å². The van der Waals surface area contributed by atoms with E-state index >= 15 is 0 Å². The molecule has 120 valence electrons. The Labute approximate surface area is 134 Å². The lowest BCUT2D eigenvalue weighted by Crippen LogP contribution is -2.36. The van der Waals surface area contributed by atoms with Crippen LogP contribution in [0.3, 0.4) is 0 Å². The zero-order valence-electron chi connectivity index (χ0n) is 12.7. The highest BCUT2D eigenvalue weighted by molar-refractivity contribution is 5.96. The predicted molar refractivity (Wildman–Crippen MR) is 85.3 cm³/mol. The highest BCUT2D eigenvalue weighted by Gasteiger charge is 2.08. The van der Waals surface area contributed by atoms with Crippen molar-refractivity contribution in [2.75, 3.05) is 13.7 Å². The number of nitrogens with one attached hydrogen (secondary N) is 2. The quantitative estimate of drug-likeness (QED) is 0.753. The van der Waals surface area contributed by atoms with Crippen LogP contribution in [0.25, 0.3) is 0 Å². The van der Waals surface area contributed by atoms with Gasteiger partial charge in [-0.25, -0.2) is 0 Å². The molecule has 2 rings (SSSR count). The second-order valence-electron chi connectivity index (χ2n) is 4.85. The average molecular weight is 314 g/mol. The number of methoxy groups -OCH3 is 1. The molecule has 0 aliphatic heterocycles. The molecule has 2 aromatic rings. The summed E-state index contributed by atoms with van der Waals surface area (Å²) in [5, 5.41) is 14.4. The van der Waals surface area contributed by atoms with Crippen molar-refractivity contribution in [1.29, 1.82) is 0 Å². The molecule has 23 heavy (non-hydrogen) atoms. The van der Waals surface area contributed by atoms with Crippen LogP contribution in [0.4, 0.5) is 0 Å². The molecule has 0 atom stereocenters. The fraction of sp³-hybridized carbons (Fsp3) is 0.176. The maximum Gasteiger partial charge on any atom is 0.251 e. The van der Waals surface area contributed by atoms with Crippen molar-refractivity contribution in [3.8, 4) is 11.5 Å². The number of carbonyl (C=O) groups excluding carboxylic acids is 2. The highest BCUT2D eigenvalue weighted by Crippen LogP contribution is 2.11. The van der Waals surface area contributed by atoms with E-state index in [0.29, 0.717) is 17.9 Å². The molecule has 2 amide bonds. The van der Waals surface area contributed by atoms with Crippen LogP contribution in [-0.2, 0) is 11.3 Å². The third-order valence-corrected chi connectivity index (χ3v) is 3.19. The van der Waals surface area contributed by atoms with Crippen LogP contribution in [0.5, 0.6) is 11.5 Å². The van der Waals surface area contributed by atoms with Gasteiger partial charge in [-0.1, -0.05) is 12.1 Å². The second kappa shape index (κ2) is 7.84. The maximum absolute atomic E-state index is 11.9. The first kappa shape index (κ1) is 16.4. The summed E-state index contributed by atoms with van der Waals surface area (Å²) < 4.78 is 5.02. The van der Waals surface area contributed by atoms with Crippen LogP contribution in [0, 0.1) is 0 Å². The summed E-state index contributed by atoms with van der Waals surface area (Å²) in [5.41, 5.74) is 1.31. The Kier molecular flexibility index (Phi) is 5.57. The molecule has 0 saturated heterocycles. The van der Waals surface area contributed by atoms with Crippen molar-refractivity contribution in [1.82, 2.24) is 10.6 Å². The van der Waals surface area contributed by atoms with Crippen molar-refractivity contribution >= 4 is 11.8 Å². The Morgan fingerprint density at radius 1 is 1.00 bits per heavy atom. The number of aromatic hydroxyl groups is 1. The van der Waals surface area contributed by atoms with Crippen LogP contribution in [0.15, 0.2) is 48.5 Å². The molecular weight excluding hydrogens is 296 g/mol. The van der Waals surface area contributed by atoms with Crippen molar-refractivity contribution < 1.29 is 19.4 Å². The number of rotatable bonds is 6. The van der Waals surface area contributed by atoms with Gasteiger partial charge in [0.2, 0.25) is 5.91 Å². The minimum absolute atomic E-state index is 0.108. The van der Waals surface area contributed by atoms with E-state index in [4.69, 9.17) is 4.74 Å². The van der Waals surface area contributed by atoms with E-state index in [-0.39, 0.29) is 24.1 Å². The predicted octanol–water partition coefficient (Wildman–Crippen LogP) is 1.45. The smallest absolute Gasteiger partial charge is 0.251 e. The van der Waals surface area contributed by atoms with Crippen LogP contribution in [-0.4, -0.2) is 30.6 Å². The van der Waals surface area contributed by atoms with Gasteiger partial charge in [0.25, 0.3) is 5.91 Å². The van der Waals surface area contributed by atoms with Crippen LogP contribution in [0.1, 0.15) is 15.9 Å². The van der Waals surface area contributed by atoms with Gasteiger partial charge in [0.15, 0.2) is 0 Å². The summed E-state index contributed by atoms with van der Waals surface area (Å²) in [6.07, 6.45) is 0. The van der Waals surface area contributed by atoms with E-state index < -0.39 is 0 Å². The normalized spacial score (nSPS) is 9.96. The van der Waals surface area contributed by atoms with E-state index in [1.54, 1.807) is 55.6 Å². The first-order valence-electron chi connectivity index (χ1n) is 7.05. The number of benzene rings is 2. The molecule has 0 aliphatic rings. The molecule has 6 heteroatoms. The maximum atomic E-state index is 11.9.